The van der Waals surface area contributed by atoms with Crippen molar-refractivity contribution in [3.63, 3.8) is 0 Å². The standard InChI is InChI=1S/C33H41F5O/c1-2-21-3-5-22(6-4-21)7-8-23-9-18-29-27(19-23)20-30(34)31(32(29)35)26-12-10-24(11-13-26)25-14-16-28(17-15-25)39-33(36,37)38/h14-17,20-24,26H,2-13,18-19H2,1H3. The molecule has 1 unspecified atom stereocenters. The highest BCUT2D eigenvalue weighted by atomic mass is 19.4. The summed E-state index contributed by atoms with van der Waals surface area (Å²) in [5, 5.41) is 0. The molecule has 0 N–H and O–H groups in total. The van der Waals surface area contributed by atoms with Gasteiger partial charge in [0.05, 0.1) is 0 Å². The highest BCUT2D eigenvalue weighted by molar-refractivity contribution is 5.39. The van der Waals surface area contributed by atoms with Crippen LogP contribution < -0.4 is 4.74 Å². The molecule has 6 heteroatoms. The smallest absolute Gasteiger partial charge is 0.406 e. The zero-order chi connectivity index (χ0) is 27.6. The maximum atomic E-state index is 15.7. The van der Waals surface area contributed by atoms with E-state index < -0.39 is 12.2 Å². The van der Waals surface area contributed by atoms with Gasteiger partial charge < -0.3 is 4.74 Å². The van der Waals surface area contributed by atoms with E-state index in [1.165, 1.54) is 57.1 Å². The number of hydrogen-bond donors (Lipinski definition) is 0. The first kappa shape index (κ1) is 28.4. The molecule has 214 valence electrons. The minimum atomic E-state index is -4.71. The number of benzene rings is 2. The summed E-state index contributed by atoms with van der Waals surface area (Å²) in [6, 6.07) is 7.62. The molecular formula is C33H41F5O. The minimum Gasteiger partial charge on any atom is -0.406 e. The van der Waals surface area contributed by atoms with Crippen molar-refractivity contribution in [2.45, 2.75) is 115 Å². The van der Waals surface area contributed by atoms with Crippen LogP contribution in [0.5, 0.6) is 5.75 Å². The molecular weight excluding hydrogens is 507 g/mol. The summed E-state index contributed by atoms with van der Waals surface area (Å²) in [4.78, 5) is 0. The predicted octanol–water partition coefficient (Wildman–Crippen LogP) is 10.4. The van der Waals surface area contributed by atoms with Crippen molar-refractivity contribution in [1.29, 1.82) is 0 Å². The van der Waals surface area contributed by atoms with E-state index in [2.05, 4.69) is 11.7 Å². The lowest BCUT2D eigenvalue weighted by atomic mass is 9.73. The van der Waals surface area contributed by atoms with Crippen LogP contribution in [0.4, 0.5) is 22.0 Å². The molecule has 3 aliphatic rings. The number of alkyl halides is 3. The van der Waals surface area contributed by atoms with E-state index in [0.29, 0.717) is 25.2 Å². The average Bonchev–Trinajstić information content (AvgIpc) is 2.92. The van der Waals surface area contributed by atoms with E-state index in [1.807, 2.05) is 0 Å². The Morgan fingerprint density at radius 2 is 1.38 bits per heavy atom. The highest BCUT2D eigenvalue weighted by Gasteiger charge is 2.33. The van der Waals surface area contributed by atoms with E-state index >= 15 is 8.78 Å². The van der Waals surface area contributed by atoms with Gasteiger partial charge in [-0.1, -0.05) is 57.6 Å². The van der Waals surface area contributed by atoms with Gasteiger partial charge in [0, 0.05) is 5.56 Å². The van der Waals surface area contributed by atoms with Crippen molar-refractivity contribution in [3.8, 4) is 5.75 Å². The molecule has 39 heavy (non-hydrogen) atoms. The van der Waals surface area contributed by atoms with Crippen LogP contribution in [0.2, 0.25) is 0 Å². The Bertz CT molecular complexity index is 1090. The molecule has 1 atom stereocenters. The first-order valence-corrected chi connectivity index (χ1v) is 15.1. The topological polar surface area (TPSA) is 9.23 Å². The number of ether oxygens (including phenoxy) is 1. The van der Waals surface area contributed by atoms with Gasteiger partial charge in [0.25, 0.3) is 0 Å². The van der Waals surface area contributed by atoms with Gasteiger partial charge in [0.2, 0.25) is 0 Å². The van der Waals surface area contributed by atoms with Gasteiger partial charge in [0.15, 0.2) is 0 Å². The van der Waals surface area contributed by atoms with Crippen molar-refractivity contribution in [1.82, 2.24) is 0 Å². The Morgan fingerprint density at radius 1 is 0.769 bits per heavy atom. The molecule has 2 aromatic rings. The minimum absolute atomic E-state index is 0.157. The van der Waals surface area contributed by atoms with Crippen LogP contribution in [-0.2, 0) is 12.8 Å². The lowest BCUT2D eigenvalue weighted by Gasteiger charge is -2.32. The van der Waals surface area contributed by atoms with E-state index in [4.69, 9.17) is 0 Å². The first-order chi connectivity index (χ1) is 18.7. The Labute approximate surface area is 229 Å². The maximum absolute atomic E-state index is 15.7. The van der Waals surface area contributed by atoms with Gasteiger partial charge in [-0.2, -0.15) is 0 Å². The van der Waals surface area contributed by atoms with Crippen LogP contribution in [0.15, 0.2) is 30.3 Å². The SMILES string of the molecule is CCC1CCC(CCC2CCc3c(cc(F)c(C4CCC(c5ccc(OC(F)(F)F)cc5)CC4)c3F)C2)CC1. The van der Waals surface area contributed by atoms with Crippen LogP contribution in [0.25, 0.3) is 0 Å². The van der Waals surface area contributed by atoms with Crippen LogP contribution in [-0.4, -0.2) is 6.36 Å². The molecule has 0 aromatic heterocycles. The largest absolute Gasteiger partial charge is 0.573 e. The molecule has 5 rings (SSSR count). The van der Waals surface area contributed by atoms with E-state index in [9.17, 15) is 13.2 Å². The fourth-order valence-corrected chi connectivity index (χ4v) is 7.62. The molecule has 2 saturated carbocycles. The van der Waals surface area contributed by atoms with Gasteiger partial charge in [-0.3, -0.25) is 0 Å². The van der Waals surface area contributed by atoms with Gasteiger partial charge in [-0.25, -0.2) is 8.78 Å². The van der Waals surface area contributed by atoms with E-state index in [0.717, 1.165) is 54.2 Å². The van der Waals surface area contributed by atoms with Crippen LogP contribution in [0, 0.1) is 29.4 Å². The van der Waals surface area contributed by atoms with Crippen molar-refractivity contribution in [3.05, 3.63) is 64.2 Å². The molecule has 0 radical (unpaired) electrons. The average molecular weight is 549 g/mol. The second-order valence-electron chi connectivity index (χ2n) is 12.4. The summed E-state index contributed by atoms with van der Waals surface area (Å²) in [6.07, 6.45) is 9.72. The van der Waals surface area contributed by atoms with Crippen LogP contribution in [0.3, 0.4) is 0 Å². The summed E-state index contributed by atoms with van der Waals surface area (Å²) in [5.41, 5.74) is 2.80. The molecule has 3 aliphatic carbocycles. The van der Waals surface area contributed by atoms with E-state index in [1.54, 1.807) is 18.2 Å². The number of fused-ring (bicyclic) bond motifs is 1. The second-order valence-corrected chi connectivity index (χ2v) is 12.4. The molecule has 2 aromatic carbocycles. The summed E-state index contributed by atoms with van der Waals surface area (Å²) in [6.45, 7) is 2.29. The molecule has 0 bridgehead atoms. The van der Waals surface area contributed by atoms with Crippen molar-refractivity contribution in [2.75, 3.05) is 0 Å². The normalized spacial score (nSPS) is 27.7. The molecule has 0 saturated heterocycles. The lowest BCUT2D eigenvalue weighted by Crippen LogP contribution is -2.21. The first-order valence-electron chi connectivity index (χ1n) is 15.1. The summed E-state index contributed by atoms with van der Waals surface area (Å²) in [5.74, 6) is 1.31. The fourth-order valence-electron chi connectivity index (χ4n) is 7.62. The maximum Gasteiger partial charge on any atom is 0.573 e. The third kappa shape index (κ3) is 6.97. The second kappa shape index (κ2) is 12.2. The Balaban J connectivity index is 1.17. The zero-order valence-corrected chi connectivity index (χ0v) is 23.0. The van der Waals surface area contributed by atoms with Crippen LogP contribution >= 0.6 is 0 Å². The van der Waals surface area contributed by atoms with Crippen molar-refractivity contribution in [2.24, 2.45) is 17.8 Å². The van der Waals surface area contributed by atoms with Gasteiger partial charge in [0.1, 0.15) is 17.4 Å². The van der Waals surface area contributed by atoms with Gasteiger partial charge >= 0.3 is 6.36 Å². The third-order valence-corrected chi connectivity index (χ3v) is 10.0. The summed E-state index contributed by atoms with van der Waals surface area (Å²) >= 11 is 0. The fraction of sp³-hybridized carbons (Fsp3) is 0.636. The van der Waals surface area contributed by atoms with Crippen molar-refractivity contribution < 1.29 is 26.7 Å². The van der Waals surface area contributed by atoms with E-state index in [-0.39, 0.29) is 29.0 Å². The molecule has 0 aliphatic heterocycles. The number of hydrogen-bond acceptors (Lipinski definition) is 1. The van der Waals surface area contributed by atoms with Crippen molar-refractivity contribution >= 4 is 0 Å². The molecule has 1 nitrogen and oxygen atoms in total. The number of rotatable bonds is 7. The van der Waals surface area contributed by atoms with Crippen LogP contribution in [0.1, 0.15) is 118 Å². The quantitative estimate of drug-likeness (QED) is 0.313. The Morgan fingerprint density at radius 3 is 2.03 bits per heavy atom. The summed E-state index contributed by atoms with van der Waals surface area (Å²) < 4.78 is 72.3. The molecule has 0 amide bonds. The van der Waals surface area contributed by atoms with Gasteiger partial charge in [-0.05, 0) is 116 Å². The molecule has 0 heterocycles. The predicted molar refractivity (Wildman–Crippen MR) is 144 cm³/mol. The molecule has 2 fully saturated rings. The zero-order valence-electron chi connectivity index (χ0n) is 23.0. The summed E-state index contributed by atoms with van der Waals surface area (Å²) in [7, 11) is 0. The Kier molecular flexibility index (Phi) is 8.88. The monoisotopic (exact) mass is 548 g/mol. The lowest BCUT2D eigenvalue weighted by molar-refractivity contribution is -0.274. The van der Waals surface area contributed by atoms with Gasteiger partial charge in [-0.15, -0.1) is 13.2 Å². The Hall–Kier alpha value is -2.11. The number of halogens is 5. The molecule has 0 spiro atoms. The third-order valence-electron chi connectivity index (χ3n) is 10.0. The highest BCUT2D eigenvalue weighted by Crippen LogP contribution is 2.44.